The molecule has 1 aliphatic rings. The summed E-state index contributed by atoms with van der Waals surface area (Å²) in [5, 5.41) is 15.4. The Morgan fingerprint density at radius 2 is 1.97 bits per heavy atom. The molecule has 1 unspecified atom stereocenters. The van der Waals surface area contributed by atoms with Gasteiger partial charge in [0.1, 0.15) is 0 Å². The van der Waals surface area contributed by atoms with Crippen LogP contribution in [0.15, 0.2) is 71.4 Å². The number of nitro benzene ring substituents is 1. The smallest absolute Gasteiger partial charge is 0.273 e. The van der Waals surface area contributed by atoms with E-state index in [0.29, 0.717) is 26.2 Å². The van der Waals surface area contributed by atoms with Gasteiger partial charge in [0.05, 0.1) is 11.5 Å². The van der Waals surface area contributed by atoms with Crippen molar-refractivity contribution in [2.75, 3.05) is 13.2 Å². The van der Waals surface area contributed by atoms with Crippen LogP contribution in [0.2, 0.25) is 0 Å². The molecule has 7 heteroatoms. The monoisotopic (exact) mass is 448 g/mol. The summed E-state index contributed by atoms with van der Waals surface area (Å²) >= 11 is 0. The van der Waals surface area contributed by atoms with E-state index >= 15 is 0 Å². The van der Waals surface area contributed by atoms with Gasteiger partial charge in [0.15, 0.2) is 0 Å². The third-order valence-electron chi connectivity index (χ3n) is 6.72. The van der Waals surface area contributed by atoms with Crippen LogP contribution in [-0.4, -0.2) is 18.1 Å². The highest BCUT2D eigenvalue weighted by atomic mass is 16.6. The fourth-order valence-corrected chi connectivity index (χ4v) is 4.86. The van der Waals surface area contributed by atoms with Gasteiger partial charge < -0.3 is 4.74 Å². The highest BCUT2D eigenvalue weighted by molar-refractivity contribution is 5.46. The number of nitro groups is 1. The number of hydrogen-bond donors (Lipinski definition) is 0. The van der Waals surface area contributed by atoms with Gasteiger partial charge in [-0.05, 0) is 55.0 Å². The van der Waals surface area contributed by atoms with Crippen molar-refractivity contribution in [3.63, 3.8) is 0 Å². The maximum absolute atomic E-state index is 11.8. The summed E-state index contributed by atoms with van der Waals surface area (Å²) < 4.78 is 5.96. The van der Waals surface area contributed by atoms with E-state index in [1.807, 2.05) is 42.5 Å². The number of benzene rings is 2. The highest BCUT2D eigenvalue weighted by Crippen LogP contribution is 2.48. The first kappa shape index (κ1) is 24.5. The van der Waals surface area contributed by atoms with Gasteiger partial charge in [0.2, 0.25) is 0 Å². The number of para-hydroxylation sites is 1. The minimum absolute atomic E-state index is 0.0482. The van der Waals surface area contributed by atoms with Crippen molar-refractivity contribution in [3.05, 3.63) is 97.9 Å². The van der Waals surface area contributed by atoms with Crippen molar-refractivity contribution in [2.24, 2.45) is 10.5 Å². The lowest BCUT2D eigenvalue weighted by atomic mass is 9.80. The van der Waals surface area contributed by atoms with Crippen molar-refractivity contribution >= 4 is 5.69 Å². The molecule has 0 aromatic heterocycles. The van der Waals surface area contributed by atoms with Crippen LogP contribution in [0.25, 0.3) is 10.4 Å². The van der Waals surface area contributed by atoms with Crippen LogP contribution >= 0.6 is 0 Å². The molecule has 0 saturated carbocycles. The Hall–Kier alpha value is -3.15. The Kier molecular flexibility index (Phi) is 9.04. The molecule has 0 spiro atoms. The Labute approximate surface area is 195 Å². The van der Waals surface area contributed by atoms with Crippen molar-refractivity contribution in [1.82, 2.24) is 0 Å². The SMILES string of the molecule is CC[C@]1(CCCN=[N+]=[N-])C=C(C(CCOCc2ccccc2)c2ccccc2[N+](=O)[O-])CC1. The van der Waals surface area contributed by atoms with Crippen molar-refractivity contribution in [2.45, 2.75) is 58.0 Å². The number of hydrogen-bond acceptors (Lipinski definition) is 4. The van der Waals surface area contributed by atoms with Crippen molar-refractivity contribution < 1.29 is 9.66 Å². The molecule has 1 aliphatic carbocycles. The fraction of sp³-hybridized carbons (Fsp3) is 0.462. The minimum Gasteiger partial charge on any atom is -0.377 e. The standard InChI is InChI=1S/C26H32N4O3/c1-2-26(15-8-17-28-29-27)16-13-22(19-26)23(24-11-6-7-12-25(24)30(31)32)14-18-33-20-21-9-4-3-5-10-21/h3-7,9-12,19,23H,2,8,13-18,20H2,1H3/t23?,26-/m1/s1. The summed E-state index contributed by atoms with van der Waals surface area (Å²) in [6, 6.07) is 17.1. The van der Waals surface area contributed by atoms with E-state index in [1.54, 1.807) is 12.1 Å². The van der Waals surface area contributed by atoms with Gasteiger partial charge in [-0.3, -0.25) is 10.1 Å². The first-order valence-corrected chi connectivity index (χ1v) is 11.7. The van der Waals surface area contributed by atoms with E-state index in [-0.39, 0.29) is 21.9 Å². The molecule has 0 bridgehead atoms. The van der Waals surface area contributed by atoms with Gasteiger partial charge in [0, 0.05) is 35.6 Å². The van der Waals surface area contributed by atoms with Gasteiger partial charge in [-0.1, -0.05) is 72.2 Å². The molecular formula is C26H32N4O3. The molecule has 2 aromatic carbocycles. The lowest BCUT2D eigenvalue weighted by Gasteiger charge is -2.25. The number of rotatable bonds is 13. The van der Waals surface area contributed by atoms with Gasteiger partial charge in [-0.2, -0.15) is 0 Å². The van der Waals surface area contributed by atoms with E-state index in [0.717, 1.165) is 43.2 Å². The number of allylic oxidation sites excluding steroid dienone is 2. The zero-order valence-corrected chi connectivity index (χ0v) is 19.2. The second kappa shape index (κ2) is 12.2. The van der Waals surface area contributed by atoms with Gasteiger partial charge in [-0.25, -0.2) is 0 Å². The molecule has 7 nitrogen and oxygen atoms in total. The largest absolute Gasteiger partial charge is 0.377 e. The number of ether oxygens (including phenoxy) is 1. The second-order valence-corrected chi connectivity index (χ2v) is 8.69. The Bertz CT molecular complexity index is 1000. The average Bonchev–Trinajstić information content (AvgIpc) is 3.27. The normalized spacial score (nSPS) is 18.4. The van der Waals surface area contributed by atoms with Gasteiger partial charge in [0.25, 0.3) is 5.69 Å². The molecule has 2 atom stereocenters. The van der Waals surface area contributed by atoms with Crippen LogP contribution in [-0.2, 0) is 11.3 Å². The van der Waals surface area contributed by atoms with E-state index in [1.165, 1.54) is 5.57 Å². The average molecular weight is 449 g/mol. The Morgan fingerprint density at radius 3 is 2.70 bits per heavy atom. The second-order valence-electron chi connectivity index (χ2n) is 8.69. The summed E-state index contributed by atoms with van der Waals surface area (Å²) in [5.41, 5.74) is 11.9. The third-order valence-corrected chi connectivity index (χ3v) is 6.72. The van der Waals surface area contributed by atoms with Crippen LogP contribution in [0.1, 0.15) is 62.5 Å². The van der Waals surface area contributed by atoms with E-state index in [9.17, 15) is 10.1 Å². The maximum Gasteiger partial charge on any atom is 0.273 e. The molecule has 33 heavy (non-hydrogen) atoms. The molecule has 0 radical (unpaired) electrons. The molecule has 0 saturated heterocycles. The number of azide groups is 1. The quantitative estimate of drug-likeness (QED) is 0.0603. The van der Waals surface area contributed by atoms with Crippen LogP contribution < -0.4 is 0 Å². The fourth-order valence-electron chi connectivity index (χ4n) is 4.86. The molecule has 0 aliphatic heterocycles. The van der Waals surface area contributed by atoms with Crippen molar-refractivity contribution in [3.8, 4) is 0 Å². The summed E-state index contributed by atoms with van der Waals surface area (Å²) in [5.74, 6) is -0.0482. The molecule has 0 fully saturated rings. The summed E-state index contributed by atoms with van der Waals surface area (Å²) in [7, 11) is 0. The molecular weight excluding hydrogens is 416 g/mol. The summed E-state index contributed by atoms with van der Waals surface area (Å²) in [6.07, 6.45) is 7.81. The summed E-state index contributed by atoms with van der Waals surface area (Å²) in [6.45, 7) is 3.75. The minimum atomic E-state index is -0.282. The Balaban J connectivity index is 1.79. The van der Waals surface area contributed by atoms with Crippen LogP contribution in [0, 0.1) is 15.5 Å². The molecule has 0 N–H and O–H groups in total. The lowest BCUT2D eigenvalue weighted by Crippen LogP contribution is -2.14. The van der Waals surface area contributed by atoms with E-state index in [2.05, 4.69) is 23.0 Å². The predicted octanol–water partition coefficient (Wildman–Crippen LogP) is 7.49. The third kappa shape index (κ3) is 6.67. The van der Waals surface area contributed by atoms with Crippen LogP contribution in [0.3, 0.4) is 0 Å². The molecule has 3 rings (SSSR count). The van der Waals surface area contributed by atoms with E-state index < -0.39 is 0 Å². The number of nitrogens with zero attached hydrogens (tertiary/aromatic N) is 4. The van der Waals surface area contributed by atoms with Gasteiger partial charge in [-0.15, -0.1) is 0 Å². The molecule has 0 amide bonds. The van der Waals surface area contributed by atoms with Gasteiger partial charge >= 0.3 is 0 Å². The van der Waals surface area contributed by atoms with Crippen LogP contribution in [0.5, 0.6) is 0 Å². The van der Waals surface area contributed by atoms with E-state index in [4.69, 9.17) is 10.3 Å². The maximum atomic E-state index is 11.8. The molecule has 2 aromatic rings. The zero-order valence-electron chi connectivity index (χ0n) is 19.2. The zero-order chi connectivity index (χ0) is 23.5. The molecule has 174 valence electrons. The first-order chi connectivity index (χ1) is 16.1. The predicted molar refractivity (Wildman–Crippen MR) is 130 cm³/mol. The van der Waals surface area contributed by atoms with Crippen molar-refractivity contribution in [1.29, 1.82) is 0 Å². The topological polar surface area (TPSA) is 101 Å². The lowest BCUT2D eigenvalue weighted by molar-refractivity contribution is -0.385. The first-order valence-electron chi connectivity index (χ1n) is 11.7. The highest BCUT2D eigenvalue weighted by Gasteiger charge is 2.35. The molecule has 0 heterocycles. The Morgan fingerprint density at radius 1 is 1.21 bits per heavy atom. The summed E-state index contributed by atoms with van der Waals surface area (Å²) in [4.78, 5) is 14.3. The van der Waals surface area contributed by atoms with Crippen LogP contribution in [0.4, 0.5) is 5.69 Å².